The third kappa shape index (κ3) is 3.68. The molecule has 2 aromatic rings. The van der Waals surface area contributed by atoms with Crippen molar-refractivity contribution in [2.24, 2.45) is 0 Å². The first-order chi connectivity index (χ1) is 12.9. The second-order valence-corrected chi connectivity index (χ2v) is 6.90. The molecule has 0 aliphatic heterocycles. The topological polar surface area (TPSA) is 40.5 Å². The van der Waals surface area contributed by atoms with Crippen LogP contribution < -0.4 is 4.74 Å². The molecule has 0 unspecified atom stereocenters. The molecule has 3 rings (SSSR count). The van der Waals surface area contributed by atoms with Crippen LogP contribution in [0.2, 0.25) is 5.02 Å². The van der Waals surface area contributed by atoms with Crippen LogP contribution in [0.3, 0.4) is 0 Å². The molecule has 1 fully saturated rings. The molecule has 1 aromatic heterocycles. The van der Waals surface area contributed by atoms with Gasteiger partial charge in [-0.05, 0) is 26.2 Å². The zero-order valence-corrected chi connectivity index (χ0v) is 16.3. The van der Waals surface area contributed by atoms with Crippen molar-refractivity contribution < 1.29 is 23.0 Å². The summed E-state index contributed by atoms with van der Waals surface area (Å²) in [7, 11) is 1.29. The molecule has 4 nitrogen and oxygen atoms in total. The van der Waals surface area contributed by atoms with E-state index >= 15 is 0 Å². The molecule has 0 bridgehead atoms. The highest BCUT2D eigenvalue weighted by Gasteiger charge is 2.35. The normalized spacial score (nSPS) is 13.7. The number of carbonyl (C=O) groups is 1. The number of halogens is 3. The van der Waals surface area contributed by atoms with Gasteiger partial charge in [-0.2, -0.15) is 0 Å². The molecule has 1 heterocycles. The molecular weight excluding hydrogens is 376 g/mol. The third-order valence-corrected chi connectivity index (χ3v) is 5.16. The van der Waals surface area contributed by atoms with Crippen LogP contribution in [0.5, 0.6) is 5.75 Å². The van der Waals surface area contributed by atoms with Gasteiger partial charge in [0.25, 0.3) is 0 Å². The number of esters is 1. The van der Waals surface area contributed by atoms with Gasteiger partial charge in [-0.1, -0.05) is 18.5 Å². The SMILES string of the molecule is CCOc1cc(F)c(Cn2c(CC)c(C(=O)OC)c(Cl)c2C2CC2)c(F)c1. The van der Waals surface area contributed by atoms with E-state index in [1.165, 1.54) is 19.2 Å². The Hall–Kier alpha value is -2.08. The third-order valence-electron chi connectivity index (χ3n) is 4.78. The highest BCUT2D eigenvalue weighted by molar-refractivity contribution is 6.34. The maximum absolute atomic E-state index is 14.6. The van der Waals surface area contributed by atoms with E-state index in [1.54, 1.807) is 11.5 Å². The zero-order valence-electron chi connectivity index (χ0n) is 15.6. The van der Waals surface area contributed by atoms with Crippen molar-refractivity contribution in [3.8, 4) is 5.75 Å². The van der Waals surface area contributed by atoms with Crippen molar-refractivity contribution >= 4 is 17.6 Å². The lowest BCUT2D eigenvalue weighted by Crippen LogP contribution is -2.12. The molecule has 0 amide bonds. The summed E-state index contributed by atoms with van der Waals surface area (Å²) in [6, 6.07) is 2.35. The van der Waals surface area contributed by atoms with Crippen LogP contribution in [-0.4, -0.2) is 24.3 Å². The highest BCUT2D eigenvalue weighted by atomic mass is 35.5. The predicted molar refractivity (Wildman–Crippen MR) is 98.8 cm³/mol. The van der Waals surface area contributed by atoms with Gasteiger partial charge in [0, 0.05) is 35.0 Å². The summed E-state index contributed by atoms with van der Waals surface area (Å²) >= 11 is 6.51. The molecule has 1 saturated carbocycles. The van der Waals surface area contributed by atoms with Crippen molar-refractivity contribution in [2.75, 3.05) is 13.7 Å². The summed E-state index contributed by atoms with van der Waals surface area (Å²) < 4.78 is 41.0. The number of hydrogen-bond acceptors (Lipinski definition) is 3. The van der Waals surface area contributed by atoms with Crippen LogP contribution in [0, 0.1) is 11.6 Å². The van der Waals surface area contributed by atoms with Crippen LogP contribution >= 0.6 is 11.6 Å². The lowest BCUT2D eigenvalue weighted by molar-refractivity contribution is 0.0599. The van der Waals surface area contributed by atoms with Crippen molar-refractivity contribution in [1.29, 1.82) is 0 Å². The molecule has 1 aromatic carbocycles. The lowest BCUT2D eigenvalue weighted by atomic mass is 10.1. The average molecular weight is 398 g/mol. The largest absolute Gasteiger partial charge is 0.494 e. The van der Waals surface area contributed by atoms with E-state index in [0.29, 0.717) is 23.7 Å². The van der Waals surface area contributed by atoms with E-state index in [4.69, 9.17) is 21.1 Å². The molecule has 0 saturated heterocycles. The van der Waals surface area contributed by atoms with Crippen LogP contribution in [0.25, 0.3) is 0 Å². The first kappa shape index (κ1) is 19.7. The Morgan fingerprint density at radius 1 is 1.26 bits per heavy atom. The molecule has 1 aliphatic carbocycles. The smallest absolute Gasteiger partial charge is 0.341 e. The average Bonchev–Trinajstić information content (AvgIpc) is 3.42. The number of ether oxygens (including phenoxy) is 2. The fraction of sp³-hybridized carbons (Fsp3) is 0.450. The summed E-state index contributed by atoms with van der Waals surface area (Å²) in [6.07, 6.45) is 2.35. The van der Waals surface area contributed by atoms with Gasteiger partial charge in [0.1, 0.15) is 17.4 Å². The Labute approximate surface area is 162 Å². The lowest BCUT2D eigenvalue weighted by Gasteiger charge is -2.15. The van der Waals surface area contributed by atoms with E-state index in [0.717, 1.165) is 18.5 Å². The minimum atomic E-state index is -0.688. The number of hydrogen-bond donors (Lipinski definition) is 0. The van der Waals surface area contributed by atoms with Gasteiger partial charge in [-0.15, -0.1) is 0 Å². The summed E-state index contributed by atoms with van der Waals surface area (Å²) in [5.74, 6) is -1.58. The Morgan fingerprint density at radius 3 is 2.37 bits per heavy atom. The quantitative estimate of drug-likeness (QED) is 0.611. The summed E-state index contributed by atoms with van der Waals surface area (Å²) in [4.78, 5) is 12.2. The molecule has 27 heavy (non-hydrogen) atoms. The van der Waals surface area contributed by atoms with Gasteiger partial charge in [0.05, 0.1) is 30.8 Å². The Bertz CT molecular complexity index is 852. The van der Waals surface area contributed by atoms with Gasteiger partial charge in [0.2, 0.25) is 0 Å². The standard InChI is InChI=1S/C20H22ClF2NO3/c1-4-16-17(20(25)26-3)18(21)19(11-6-7-11)24(16)10-13-14(22)8-12(27-5-2)9-15(13)23/h8-9,11H,4-7,10H2,1-3H3. The van der Waals surface area contributed by atoms with E-state index in [2.05, 4.69) is 0 Å². The summed E-state index contributed by atoms with van der Waals surface area (Å²) in [5, 5.41) is 0.327. The van der Waals surface area contributed by atoms with Gasteiger partial charge < -0.3 is 14.0 Å². The fourth-order valence-electron chi connectivity index (χ4n) is 3.41. The van der Waals surface area contributed by atoms with Crippen LogP contribution in [0.1, 0.15) is 59.9 Å². The molecule has 0 spiro atoms. The number of nitrogens with zero attached hydrogens (tertiary/aromatic N) is 1. The van der Waals surface area contributed by atoms with Crippen molar-refractivity contribution in [1.82, 2.24) is 4.57 Å². The van der Waals surface area contributed by atoms with E-state index < -0.39 is 17.6 Å². The molecule has 0 N–H and O–H groups in total. The minimum absolute atomic E-state index is 0.0458. The highest BCUT2D eigenvalue weighted by Crippen LogP contribution is 2.46. The maximum Gasteiger partial charge on any atom is 0.341 e. The number of carbonyl (C=O) groups excluding carboxylic acids is 1. The zero-order chi connectivity index (χ0) is 19.7. The Balaban J connectivity index is 2.11. The number of benzene rings is 1. The minimum Gasteiger partial charge on any atom is -0.494 e. The Kier molecular flexibility index (Phi) is 5.75. The molecule has 0 radical (unpaired) electrons. The van der Waals surface area contributed by atoms with E-state index in [9.17, 15) is 13.6 Å². The van der Waals surface area contributed by atoms with Gasteiger partial charge in [-0.25, -0.2) is 13.6 Å². The molecule has 7 heteroatoms. The van der Waals surface area contributed by atoms with Crippen LogP contribution in [0.15, 0.2) is 12.1 Å². The molecule has 146 valence electrons. The van der Waals surface area contributed by atoms with Crippen LogP contribution in [0.4, 0.5) is 8.78 Å². The first-order valence-electron chi connectivity index (χ1n) is 9.02. The Morgan fingerprint density at radius 2 is 1.89 bits per heavy atom. The number of aromatic nitrogens is 1. The first-order valence-corrected chi connectivity index (χ1v) is 9.40. The summed E-state index contributed by atoms with van der Waals surface area (Å²) in [6.45, 7) is 3.89. The molecule has 1 aliphatic rings. The van der Waals surface area contributed by atoms with E-state index in [1.807, 2.05) is 6.92 Å². The molecular formula is C20H22ClF2NO3. The van der Waals surface area contributed by atoms with Gasteiger partial charge in [-0.3, -0.25) is 0 Å². The van der Waals surface area contributed by atoms with Crippen molar-refractivity contribution in [2.45, 2.75) is 45.6 Å². The van der Waals surface area contributed by atoms with Crippen molar-refractivity contribution in [3.05, 3.63) is 51.3 Å². The summed E-state index contributed by atoms with van der Waals surface area (Å²) in [5.41, 5.74) is 1.58. The van der Waals surface area contributed by atoms with Crippen molar-refractivity contribution in [3.63, 3.8) is 0 Å². The van der Waals surface area contributed by atoms with Gasteiger partial charge >= 0.3 is 5.97 Å². The monoisotopic (exact) mass is 397 g/mol. The second kappa shape index (κ2) is 7.89. The predicted octanol–water partition coefficient (Wildman–Crippen LogP) is 5.09. The second-order valence-electron chi connectivity index (χ2n) is 6.52. The molecule has 0 atom stereocenters. The number of rotatable bonds is 7. The van der Waals surface area contributed by atoms with E-state index in [-0.39, 0.29) is 29.3 Å². The maximum atomic E-state index is 14.6. The van der Waals surface area contributed by atoms with Gasteiger partial charge in [0.15, 0.2) is 0 Å². The van der Waals surface area contributed by atoms with Crippen LogP contribution in [-0.2, 0) is 17.7 Å². The number of methoxy groups -OCH3 is 1. The fourth-order valence-corrected chi connectivity index (χ4v) is 3.85.